The minimum atomic E-state index is 0.654. The Kier molecular flexibility index (Phi) is 7.37. The van der Waals surface area contributed by atoms with Crippen LogP contribution in [0, 0.1) is 0 Å². The highest BCUT2D eigenvalue weighted by Crippen LogP contribution is 2.48. The lowest BCUT2D eigenvalue weighted by Gasteiger charge is -2.14. The number of pyridine rings is 1. The minimum Gasteiger partial charge on any atom is -0.309 e. The molecule has 4 aromatic heterocycles. The van der Waals surface area contributed by atoms with Crippen LogP contribution in [0.25, 0.3) is 114 Å². The molecule has 0 aliphatic rings. The van der Waals surface area contributed by atoms with Gasteiger partial charge in [-0.1, -0.05) is 133 Å². The third-order valence-electron chi connectivity index (χ3n) is 11.4. The molecule has 8 aromatic carbocycles. The average molecular weight is 757 g/mol. The van der Waals surface area contributed by atoms with Crippen molar-refractivity contribution in [3.63, 3.8) is 0 Å². The Balaban J connectivity index is 1.11. The molecule has 0 unspecified atom stereocenters. The van der Waals surface area contributed by atoms with Crippen LogP contribution in [0.4, 0.5) is 0 Å². The molecule has 12 rings (SSSR count). The highest BCUT2D eigenvalue weighted by atomic mass is 32.1. The molecule has 0 spiro atoms. The van der Waals surface area contributed by atoms with Crippen LogP contribution in [0.5, 0.6) is 0 Å². The highest BCUT2D eigenvalue weighted by molar-refractivity contribution is 7.27. The molecule has 0 aliphatic carbocycles. The van der Waals surface area contributed by atoms with Gasteiger partial charge in [0, 0.05) is 59.3 Å². The quantitative estimate of drug-likeness (QED) is 0.176. The van der Waals surface area contributed by atoms with Gasteiger partial charge in [-0.2, -0.15) is 0 Å². The lowest BCUT2D eigenvalue weighted by molar-refractivity contribution is 1.17. The van der Waals surface area contributed by atoms with E-state index in [0.717, 1.165) is 61.3 Å². The van der Waals surface area contributed by atoms with Gasteiger partial charge in [0.15, 0.2) is 5.82 Å². The van der Waals surface area contributed by atoms with Crippen molar-refractivity contribution in [2.45, 2.75) is 0 Å². The molecule has 0 atom stereocenters. The third-order valence-corrected chi connectivity index (χ3v) is 12.6. The van der Waals surface area contributed by atoms with Gasteiger partial charge >= 0.3 is 0 Å². The van der Waals surface area contributed by atoms with Gasteiger partial charge in [0.25, 0.3) is 0 Å². The molecule has 0 N–H and O–H groups in total. The summed E-state index contributed by atoms with van der Waals surface area (Å²) in [6.07, 6.45) is 1.83. The van der Waals surface area contributed by atoms with Gasteiger partial charge in [0.1, 0.15) is 11.2 Å². The monoisotopic (exact) mass is 756 g/mol. The van der Waals surface area contributed by atoms with E-state index in [1.165, 1.54) is 47.2 Å². The van der Waals surface area contributed by atoms with Gasteiger partial charge < -0.3 is 4.57 Å². The Morgan fingerprint density at radius 3 is 1.84 bits per heavy atom. The summed E-state index contributed by atoms with van der Waals surface area (Å²) < 4.78 is 5.06. The van der Waals surface area contributed by atoms with Crippen LogP contribution in [-0.4, -0.2) is 19.5 Å². The highest BCUT2D eigenvalue weighted by Gasteiger charge is 2.22. The molecule has 270 valence electrons. The molecule has 4 heterocycles. The molecule has 0 bridgehead atoms. The predicted molar refractivity (Wildman–Crippen MR) is 244 cm³/mol. The van der Waals surface area contributed by atoms with E-state index >= 15 is 0 Å². The summed E-state index contributed by atoms with van der Waals surface area (Å²) in [6.45, 7) is 0. The van der Waals surface area contributed by atoms with Crippen molar-refractivity contribution in [3.8, 4) is 50.6 Å². The maximum atomic E-state index is 5.40. The van der Waals surface area contributed by atoms with E-state index in [2.05, 4.69) is 180 Å². The molecule has 58 heavy (non-hydrogen) atoms. The fourth-order valence-corrected chi connectivity index (χ4v) is 10.1. The van der Waals surface area contributed by atoms with Crippen LogP contribution >= 0.6 is 11.3 Å². The second-order valence-corrected chi connectivity index (χ2v) is 15.8. The summed E-state index contributed by atoms with van der Waals surface area (Å²) in [7, 11) is 0. The molecule has 0 radical (unpaired) electrons. The first-order chi connectivity index (χ1) is 28.8. The molecule has 4 nitrogen and oxygen atoms in total. The van der Waals surface area contributed by atoms with Crippen LogP contribution in [0.1, 0.15) is 0 Å². The first-order valence-corrected chi connectivity index (χ1v) is 20.3. The molecular weight excluding hydrogens is 725 g/mol. The normalized spacial score (nSPS) is 11.8. The lowest BCUT2D eigenvalue weighted by atomic mass is 9.94. The van der Waals surface area contributed by atoms with Crippen molar-refractivity contribution in [1.29, 1.82) is 0 Å². The number of hydrogen-bond acceptors (Lipinski definition) is 4. The maximum Gasteiger partial charge on any atom is 0.160 e. The molecule has 0 amide bonds. The summed E-state index contributed by atoms with van der Waals surface area (Å²) >= 11 is 1.88. The zero-order valence-corrected chi connectivity index (χ0v) is 32.0. The largest absolute Gasteiger partial charge is 0.309 e. The predicted octanol–water partition coefficient (Wildman–Crippen LogP) is 14.3. The second-order valence-electron chi connectivity index (χ2n) is 14.8. The number of para-hydroxylation sites is 1. The van der Waals surface area contributed by atoms with E-state index in [-0.39, 0.29) is 0 Å². The summed E-state index contributed by atoms with van der Waals surface area (Å²) in [5.41, 5.74) is 12.3. The van der Waals surface area contributed by atoms with E-state index in [1.54, 1.807) is 0 Å². The molecule has 0 saturated heterocycles. The number of fused-ring (bicyclic) bond motifs is 11. The van der Waals surface area contributed by atoms with E-state index in [1.807, 2.05) is 29.7 Å². The van der Waals surface area contributed by atoms with Gasteiger partial charge in [0.2, 0.25) is 0 Å². The van der Waals surface area contributed by atoms with E-state index in [0.29, 0.717) is 5.82 Å². The smallest absolute Gasteiger partial charge is 0.160 e. The van der Waals surface area contributed by atoms with Crippen molar-refractivity contribution >= 4 is 75.1 Å². The SMILES string of the molecule is c1ccc(-c2cc(-c3ccccc3)cc(-c3nc(-c4cccc(-n5c6ccccc6c6c7ccccc7c7sc8ccccc8c7c65)c4)nc4cccnc34)c2)cc1. The van der Waals surface area contributed by atoms with Crippen LogP contribution in [0.15, 0.2) is 194 Å². The van der Waals surface area contributed by atoms with E-state index in [4.69, 9.17) is 15.0 Å². The van der Waals surface area contributed by atoms with Gasteiger partial charge in [-0.25, -0.2) is 9.97 Å². The topological polar surface area (TPSA) is 43.6 Å². The Labute approximate surface area is 338 Å². The standard InChI is InChI=1S/C53H32N4S/c1-3-15-33(16-4-1)36-29-37(34-17-5-2-6-18-34)31-38(30-36)49-50-44(25-14-28-54-50)55-53(56-49)35-19-13-20-39(32-35)57-45-26-11-9-23-42(45)47-40-21-7-8-22-41(40)52-48(51(47)57)43-24-10-12-27-46(43)58-52/h1-32H. The van der Waals surface area contributed by atoms with Gasteiger partial charge in [0.05, 0.1) is 16.6 Å². The summed E-state index contributed by atoms with van der Waals surface area (Å²) in [4.78, 5) is 15.5. The second kappa shape index (κ2) is 13.1. The lowest BCUT2D eigenvalue weighted by Crippen LogP contribution is -1.99. The van der Waals surface area contributed by atoms with Crippen molar-refractivity contribution in [2.75, 3.05) is 0 Å². The summed E-state index contributed by atoms with van der Waals surface area (Å²) in [5.74, 6) is 0.654. The van der Waals surface area contributed by atoms with E-state index in [9.17, 15) is 0 Å². The molecule has 12 aromatic rings. The van der Waals surface area contributed by atoms with Gasteiger partial charge in [-0.05, 0) is 82.2 Å². The third kappa shape index (κ3) is 5.11. The van der Waals surface area contributed by atoms with Crippen molar-refractivity contribution in [1.82, 2.24) is 19.5 Å². The molecular formula is C53H32N4S. The Morgan fingerprint density at radius 1 is 0.431 bits per heavy atom. The number of aromatic nitrogens is 4. The molecule has 0 fully saturated rings. The zero-order valence-electron chi connectivity index (χ0n) is 31.2. The number of nitrogens with zero attached hydrogens (tertiary/aromatic N) is 4. The van der Waals surface area contributed by atoms with Crippen LogP contribution < -0.4 is 0 Å². The van der Waals surface area contributed by atoms with Crippen molar-refractivity contribution in [3.05, 3.63) is 194 Å². The minimum absolute atomic E-state index is 0.654. The van der Waals surface area contributed by atoms with Crippen LogP contribution in [-0.2, 0) is 0 Å². The Bertz CT molecular complexity index is 3510. The van der Waals surface area contributed by atoms with Gasteiger partial charge in [-0.15, -0.1) is 11.3 Å². The molecule has 5 heteroatoms. The van der Waals surface area contributed by atoms with Crippen LogP contribution in [0.2, 0.25) is 0 Å². The number of thiophene rings is 1. The number of hydrogen-bond donors (Lipinski definition) is 0. The Morgan fingerprint density at radius 2 is 1.07 bits per heavy atom. The van der Waals surface area contributed by atoms with Crippen molar-refractivity contribution < 1.29 is 0 Å². The first-order valence-electron chi connectivity index (χ1n) is 19.5. The first kappa shape index (κ1) is 32.7. The van der Waals surface area contributed by atoms with E-state index < -0.39 is 0 Å². The number of rotatable bonds is 5. The van der Waals surface area contributed by atoms with Gasteiger partial charge in [-0.3, -0.25) is 4.98 Å². The summed E-state index contributed by atoms with van der Waals surface area (Å²) in [6, 6.07) is 67.0. The average Bonchev–Trinajstić information content (AvgIpc) is 3.86. The number of benzene rings is 8. The fourth-order valence-electron chi connectivity index (χ4n) is 8.83. The molecule has 0 aliphatic heterocycles. The summed E-state index contributed by atoms with van der Waals surface area (Å²) in [5, 5.41) is 7.64. The fraction of sp³-hybridized carbons (Fsp3) is 0. The van der Waals surface area contributed by atoms with Crippen LogP contribution in [0.3, 0.4) is 0 Å². The Hall–Kier alpha value is -7.47. The zero-order chi connectivity index (χ0) is 38.2. The molecule has 0 saturated carbocycles. The van der Waals surface area contributed by atoms with Crippen molar-refractivity contribution in [2.24, 2.45) is 0 Å². The maximum absolute atomic E-state index is 5.40.